The summed E-state index contributed by atoms with van der Waals surface area (Å²) in [5.74, 6) is 0.513. The summed E-state index contributed by atoms with van der Waals surface area (Å²) >= 11 is 8.19. The van der Waals surface area contributed by atoms with Crippen LogP contribution >= 0.6 is 23.4 Å². The molecule has 0 unspecified atom stereocenters. The average Bonchev–Trinajstić information content (AvgIpc) is 2.78. The van der Waals surface area contributed by atoms with Crippen LogP contribution in [0.25, 0.3) is 5.57 Å². The summed E-state index contributed by atoms with van der Waals surface area (Å²) < 4.78 is 0. The minimum Gasteiger partial charge on any atom is -0.342 e. The first kappa shape index (κ1) is 20.2. The van der Waals surface area contributed by atoms with Gasteiger partial charge in [-0.2, -0.15) is 0 Å². The Labute approximate surface area is 187 Å². The molecule has 1 amide bonds. The fraction of sp³-hybridized carbons (Fsp3) is 0.400. The third-order valence-electron chi connectivity index (χ3n) is 6.74. The molecule has 5 rings (SSSR count). The van der Waals surface area contributed by atoms with E-state index in [0.29, 0.717) is 5.91 Å². The molecule has 0 atom stereocenters. The predicted octanol–water partition coefficient (Wildman–Crippen LogP) is 5.75. The lowest BCUT2D eigenvalue weighted by molar-refractivity contribution is -0.137. The minimum atomic E-state index is 0.172. The van der Waals surface area contributed by atoms with Gasteiger partial charge in [0.1, 0.15) is 0 Å². The van der Waals surface area contributed by atoms with E-state index in [0.717, 1.165) is 56.6 Å². The normalized spacial score (nSPS) is 23.7. The van der Waals surface area contributed by atoms with Gasteiger partial charge in [-0.15, -0.1) is 0 Å². The van der Waals surface area contributed by atoms with E-state index in [4.69, 9.17) is 17.3 Å². The van der Waals surface area contributed by atoms with Gasteiger partial charge in [0.15, 0.2) is 0 Å². The molecule has 0 aromatic heterocycles. The number of benzene rings is 2. The lowest BCUT2D eigenvalue weighted by Gasteiger charge is -2.35. The van der Waals surface area contributed by atoms with E-state index in [-0.39, 0.29) is 12.0 Å². The van der Waals surface area contributed by atoms with Crippen LogP contribution in [0.1, 0.15) is 49.7 Å². The zero-order valence-electron chi connectivity index (χ0n) is 17.1. The van der Waals surface area contributed by atoms with Gasteiger partial charge in [0, 0.05) is 39.9 Å². The van der Waals surface area contributed by atoms with Crippen LogP contribution in [0, 0.1) is 5.92 Å². The maximum absolute atomic E-state index is 13.0. The van der Waals surface area contributed by atoms with Crippen molar-refractivity contribution in [1.29, 1.82) is 0 Å². The third kappa shape index (κ3) is 3.81. The Balaban J connectivity index is 1.41. The van der Waals surface area contributed by atoms with Crippen molar-refractivity contribution in [3.05, 3.63) is 64.2 Å². The maximum atomic E-state index is 13.0. The smallest absolute Gasteiger partial charge is 0.225 e. The van der Waals surface area contributed by atoms with Crippen molar-refractivity contribution in [1.82, 2.24) is 4.90 Å². The first-order valence-electron chi connectivity index (χ1n) is 10.9. The summed E-state index contributed by atoms with van der Waals surface area (Å²) in [4.78, 5) is 17.7. The highest BCUT2D eigenvalue weighted by molar-refractivity contribution is 7.99. The molecule has 0 spiro atoms. The zero-order chi connectivity index (χ0) is 20.7. The maximum Gasteiger partial charge on any atom is 0.225 e. The number of fused-ring (bicyclic) bond motifs is 2. The van der Waals surface area contributed by atoms with Gasteiger partial charge in [0.25, 0.3) is 0 Å². The van der Waals surface area contributed by atoms with E-state index < -0.39 is 0 Å². The number of hydrogen-bond donors (Lipinski definition) is 1. The Morgan fingerprint density at radius 2 is 1.67 bits per heavy atom. The Morgan fingerprint density at radius 1 is 0.967 bits per heavy atom. The van der Waals surface area contributed by atoms with Crippen LogP contribution in [0.2, 0.25) is 5.02 Å². The van der Waals surface area contributed by atoms with Crippen LogP contribution in [0.15, 0.2) is 57.8 Å². The number of likely N-dealkylation sites (tertiary alicyclic amines) is 1. The van der Waals surface area contributed by atoms with E-state index >= 15 is 0 Å². The van der Waals surface area contributed by atoms with Gasteiger partial charge >= 0.3 is 0 Å². The minimum absolute atomic E-state index is 0.172. The summed E-state index contributed by atoms with van der Waals surface area (Å²) in [6, 6.07) is 15.1. The molecule has 1 aliphatic carbocycles. The molecule has 2 aromatic rings. The molecule has 2 aromatic carbocycles. The molecule has 2 fully saturated rings. The summed E-state index contributed by atoms with van der Waals surface area (Å²) in [5, 5.41) is 0.773. The highest BCUT2D eigenvalue weighted by atomic mass is 35.5. The molecule has 5 heteroatoms. The van der Waals surface area contributed by atoms with Crippen molar-refractivity contribution in [2.75, 3.05) is 13.1 Å². The summed E-state index contributed by atoms with van der Waals surface area (Å²) in [5.41, 5.74) is 11.3. The molecule has 1 saturated carbocycles. The second-order valence-electron chi connectivity index (χ2n) is 8.65. The Bertz CT molecular complexity index is 1000. The first-order valence-corrected chi connectivity index (χ1v) is 12.1. The highest BCUT2D eigenvalue weighted by Crippen LogP contribution is 2.48. The van der Waals surface area contributed by atoms with Crippen LogP contribution in [0.5, 0.6) is 0 Å². The molecule has 2 heterocycles. The summed E-state index contributed by atoms with van der Waals surface area (Å²) in [6.07, 6.45) is 5.70. The second kappa shape index (κ2) is 8.41. The molecule has 156 valence electrons. The fourth-order valence-corrected chi connectivity index (χ4v) is 6.31. The average molecular weight is 439 g/mol. The second-order valence-corrected chi connectivity index (χ2v) is 10.2. The van der Waals surface area contributed by atoms with E-state index in [9.17, 15) is 4.79 Å². The number of carbonyl (C=O) groups excluding carboxylic acids is 1. The molecule has 3 nitrogen and oxygen atoms in total. The zero-order valence-corrected chi connectivity index (χ0v) is 18.6. The number of carbonyl (C=O) groups is 1. The summed E-state index contributed by atoms with van der Waals surface area (Å²) in [7, 11) is 0. The largest absolute Gasteiger partial charge is 0.342 e. The van der Waals surface area contributed by atoms with Gasteiger partial charge in [-0.05, 0) is 79.5 Å². The molecule has 3 aliphatic rings. The topological polar surface area (TPSA) is 46.3 Å². The third-order valence-corrected chi connectivity index (χ3v) is 8.13. The number of piperidine rings is 1. The van der Waals surface area contributed by atoms with Gasteiger partial charge in [-0.1, -0.05) is 47.1 Å². The van der Waals surface area contributed by atoms with E-state index in [1.54, 1.807) is 0 Å². The lowest BCUT2D eigenvalue weighted by atomic mass is 9.84. The van der Waals surface area contributed by atoms with Gasteiger partial charge < -0.3 is 10.6 Å². The SMILES string of the molecule is NC1CCC(C(=O)N2CCC(=C3c4ccccc4Sc4ccc(Cl)cc43)CC2)CC1. The van der Waals surface area contributed by atoms with E-state index in [1.807, 2.05) is 17.8 Å². The number of nitrogens with zero attached hydrogens (tertiary/aromatic N) is 1. The van der Waals surface area contributed by atoms with Gasteiger partial charge in [-0.3, -0.25) is 4.79 Å². The Hall–Kier alpha value is -1.75. The van der Waals surface area contributed by atoms with Gasteiger partial charge in [0.05, 0.1) is 0 Å². The fourth-order valence-electron chi connectivity index (χ4n) is 5.06. The van der Waals surface area contributed by atoms with Crippen molar-refractivity contribution >= 4 is 34.8 Å². The van der Waals surface area contributed by atoms with E-state index in [1.165, 1.54) is 32.1 Å². The number of rotatable bonds is 1. The number of hydrogen-bond acceptors (Lipinski definition) is 3. The standard InChI is InChI=1S/C25H27ClN2OS/c26-18-7-10-23-21(15-18)24(20-3-1-2-4-22(20)30-23)16-11-13-28(14-12-16)25(29)17-5-8-19(27)9-6-17/h1-4,7,10,15,17,19H,5-6,8-9,11-14,27H2. The van der Waals surface area contributed by atoms with Crippen molar-refractivity contribution in [2.45, 2.75) is 54.4 Å². The van der Waals surface area contributed by atoms with E-state index in [2.05, 4.69) is 41.3 Å². The van der Waals surface area contributed by atoms with Crippen LogP contribution in [-0.2, 0) is 4.79 Å². The number of halogens is 1. The molecule has 30 heavy (non-hydrogen) atoms. The quantitative estimate of drug-likeness (QED) is 0.526. The molecule has 0 bridgehead atoms. The van der Waals surface area contributed by atoms with Crippen LogP contribution in [0.3, 0.4) is 0 Å². The predicted molar refractivity (Wildman–Crippen MR) is 124 cm³/mol. The van der Waals surface area contributed by atoms with Crippen molar-refractivity contribution in [3.8, 4) is 0 Å². The van der Waals surface area contributed by atoms with Crippen LogP contribution < -0.4 is 5.73 Å². The number of nitrogens with two attached hydrogens (primary N) is 1. The van der Waals surface area contributed by atoms with Gasteiger partial charge in [0.2, 0.25) is 5.91 Å². The molecule has 1 saturated heterocycles. The van der Waals surface area contributed by atoms with Crippen molar-refractivity contribution in [2.24, 2.45) is 11.7 Å². The Morgan fingerprint density at radius 3 is 2.43 bits per heavy atom. The monoisotopic (exact) mass is 438 g/mol. The molecular weight excluding hydrogens is 412 g/mol. The molecule has 0 radical (unpaired) electrons. The molecule has 2 aliphatic heterocycles. The van der Waals surface area contributed by atoms with Crippen LogP contribution in [0.4, 0.5) is 0 Å². The molecule has 2 N–H and O–H groups in total. The Kier molecular flexibility index (Phi) is 5.65. The summed E-state index contributed by atoms with van der Waals surface area (Å²) in [6.45, 7) is 1.62. The van der Waals surface area contributed by atoms with Crippen molar-refractivity contribution in [3.63, 3.8) is 0 Å². The van der Waals surface area contributed by atoms with Crippen molar-refractivity contribution < 1.29 is 4.79 Å². The van der Waals surface area contributed by atoms with Crippen LogP contribution in [-0.4, -0.2) is 29.9 Å². The first-order chi connectivity index (χ1) is 14.6. The number of amides is 1. The highest BCUT2D eigenvalue weighted by Gasteiger charge is 2.31. The van der Waals surface area contributed by atoms with Gasteiger partial charge in [-0.25, -0.2) is 0 Å². The lowest BCUT2D eigenvalue weighted by Crippen LogP contribution is -2.42. The molecular formula is C25H27ClN2OS.